The quantitative estimate of drug-likeness (QED) is 0.731. The molecule has 2 aromatic rings. The van der Waals surface area contributed by atoms with Crippen molar-refractivity contribution in [1.29, 1.82) is 0 Å². The fraction of sp³-hybridized carbons (Fsp3) is 0.381. The molecule has 0 amide bonds. The molecule has 3 nitrogen and oxygen atoms in total. The van der Waals surface area contributed by atoms with E-state index in [1.54, 1.807) is 12.1 Å². The van der Waals surface area contributed by atoms with Crippen molar-refractivity contribution < 1.29 is 4.39 Å². The van der Waals surface area contributed by atoms with Crippen molar-refractivity contribution in [3.63, 3.8) is 0 Å². The van der Waals surface area contributed by atoms with Crippen LogP contribution in [0.15, 0.2) is 48.5 Å². The summed E-state index contributed by atoms with van der Waals surface area (Å²) in [5.74, 6) is 0.505. The Balaban J connectivity index is 1.56. The number of halogens is 1. The first-order valence-electron chi connectivity index (χ1n) is 9.19. The third-order valence-corrected chi connectivity index (χ3v) is 5.08. The molecule has 1 aliphatic heterocycles. The van der Waals surface area contributed by atoms with Crippen LogP contribution in [0.1, 0.15) is 38.3 Å². The van der Waals surface area contributed by atoms with E-state index in [0.29, 0.717) is 5.11 Å². The van der Waals surface area contributed by atoms with Gasteiger partial charge in [0.1, 0.15) is 5.82 Å². The van der Waals surface area contributed by atoms with Crippen LogP contribution in [-0.4, -0.2) is 18.2 Å². The summed E-state index contributed by atoms with van der Waals surface area (Å²) in [5, 5.41) is 6.89. The Bertz CT molecular complexity index is 730. The molecule has 0 bridgehead atoms. The molecule has 2 atom stereocenters. The number of thiocarbonyl (C=S) groups is 1. The third kappa shape index (κ3) is 4.94. The molecule has 1 fully saturated rings. The maximum absolute atomic E-state index is 13.0. The van der Waals surface area contributed by atoms with Gasteiger partial charge >= 0.3 is 0 Å². The first-order valence-corrected chi connectivity index (χ1v) is 9.60. The minimum atomic E-state index is -0.258. The number of benzene rings is 2. The molecule has 5 heteroatoms. The summed E-state index contributed by atoms with van der Waals surface area (Å²) in [6.45, 7) is 6.68. The Hall–Kier alpha value is -2.14. The molecule has 0 saturated carbocycles. The molecule has 1 heterocycles. The van der Waals surface area contributed by atoms with E-state index in [1.165, 1.54) is 36.2 Å². The van der Waals surface area contributed by atoms with Crippen molar-refractivity contribution in [1.82, 2.24) is 5.32 Å². The number of anilines is 2. The summed E-state index contributed by atoms with van der Waals surface area (Å²) in [4.78, 5) is 2.47. The Kier molecular flexibility index (Phi) is 6.09. The number of hydrogen-bond donors (Lipinski definition) is 2. The Morgan fingerprint density at radius 1 is 1.15 bits per heavy atom. The fourth-order valence-corrected chi connectivity index (χ4v) is 3.67. The SMILES string of the molecule is C[C@H]1CCCN(c2ccc([C@@H](C)NC(=S)Nc3ccc(F)cc3)cc2)C1. The molecule has 3 rings (SSSR count). The molecule has 1 saturated heterocycles. The standard InChI is InChI=1S/C21H26FN3S/c1-15-4-3-13-25(14-15)20-11-5-17(6-12-20)16(2)23-21(26)24-19-9-7-18(22)8-10-19/h5-12,15-16H,3-4,13-14H2,1-2H3,(H2,23,24,26)/t15-,16+/m0/s1. The molecule has 0 unspecified atom stereocenters. The number of rotatable bonds is 4. The molecule has 0 radical (unpaired) electrons. The smallest absolute Gasteiger partial charge is 0.171 e. The van der Waals surface area contributed by atoms with Gasteiger partial charge < -0.3 is 15.5 Å². The average molecular weight is 372 g/mol. The maximum atomic E-state index is 13.0. The van der Waals surface area contributed by atoms with E-state index >= 15 is 0 Å². The predicted octanol–water partition coefficient (Wildman–Crippen LogP) is 5.11. The summed E-state index contributed by atoms with van der Waals surface area (Å²) in [6.07, 6.45) is 2.60. The minimum Gasteiger partial charge on any atom is -0.371 e. The van der Waals surface area contributed by atoms with Gasteiger partial charge in [-0.3, -0.25) is 0 Å². The van der Waals surface area contributed by atoms with E-state index in [1.807, 2.05) is 0 Å². The van der Waals surface area contributed by atoms with Crippen molar-refractivity contribution in [2.45, 2.75) is 32.7 Å². The fourth-order valence-electron chi connectivity index (χ4n) is 3.38. The van der Waals surface area contributed by atoms with Crippen LogP contribution in [0.25, 0.3) is 0 Å². The first-order chi connectivity index (χ1) is 12.5. The van der Waals surface area contributed by atoms with Gasteiger partial charge in [0.05, 0.1) is 6.04 Å². The van der Waals surface area contributed by atoms with E-state index in [0.717, 1.165) is 24.7 Å². The van der Waals surface area contributed by atoms with Gasteiger partial charge in [-0.2, -0.15) is 0 Å². The van der Waals surface area contributed by atoms with E-state index < -0.39 is 0 Å². The van der Waals surface area contributed by atoms with Gasteiger partial charge in [0.25, 0.3) is 0 Å². The second-order valence-electron chi connectivity index (χ2n) is 7.11. The van der Waals surface area contributed by atoms with Crippen LogP contribution in [0.3, 0.4) is 0 Å². The van der Waals surface area contributed by atoms with E-state index in [4.69, 9.17) is 12.2 Å². The van der Waals surface area contributed by atoms with E-state index in [-0.39, 0.29) is 11.9 Å². The van der Waals surface area contributed by atoms with E-state index in [2.05, 4.69) is 53.6 Å². The van der Waals surface area contributed by atoms with Crippen molar-refractivity contribution in [3.8, 4) is 0 Å². The van der Waals surface area contributed by atoms with Gasteiger partial charge in [0.2, 0.25) is 0 Å². The predicted molar refractivity (Wildman–Crippen MR) is 111 cm³/mol. The zero-order valence-electron chi connectivity index (χ0n) is 15.3. The van der Waals surface area contributed by atoms with Crippen LogP contribution in [0.2, 0.25) is 0 Å². The van der Waals surface area contributed by atoms with Gasteiger partial charge in [0, 0.05) is 24.5 Å². The average Bonchev–Trinajstić information content (AvgIpc) is 2.64. The Labute approximate surface area is 160 Å². The summed E-state index contributed by atoms with van der Waals surface area (Å²) in [5.41, 5.74) is 3.24. The molecule has 2 N–H and O–H groups in total. The molecular formula is C21H26FN3S. The van der Waals surface area contributed by atoms with Gasteiger partial charge in [-0.05, 0) is 79.9 Å². The van der Waals surface area contributed by atoms with Crippen molar-refractivity contribution in [2.75, 3.05) is 23.3 Å². The monoisotopic (exact) mass is 371 g/mol. The van der Waals surface area contributed by atoms with Gasteiger partial charge in [-0.15, -0.1) is 0 Å². The van der Waals surface area contributed by atoms with E-state index in [9.17, 15) is 4.39 Å². The van der Waals surface area contributed by atoms with Gasteiger partial charge in [0.15, 0.2) is 5.11 Å². The second kappa shape index (κ2) is 8.49. The highest BCUT2D eigenvalue weighted by atomic mass is 32.1. The van der Waals surface area contributed by atoms with Crippen LogP contribution in [0, 0.1) is 11.7 Å². The summed E-state index contributed by atoms with van der Waals surface area (Å²) in [7, 11) is 0. The number of hydrogen-bond acceptors (Lipinski definition) is 2. The number of nitrogens with one attached hydrogen (secondary N) is 2. The normalized spacial score (nSPS) is 18.3. The lowest BCUT2D eigenvalue weighted by atomic mass is 9.99. The van der Waals surface area contributed by atoms with Crippen molar-refractivity contribution in [3.05, 3.63) is 59.9 Å². The van der Waals surface area contributed by atoms with Gasteiger partial charge in [-0.25, -0.2) is 4.39 Å². The molecular weight excluding hydrogens is 345 g/mol. The Morgan fingerprint density at radius 3 is 2.50 bits per heavy atom. The third-order valence-electron chi connectivity index (χ3n) is 4.86. The van der Waals surface area contributed by atoms with Crippen molar-refractivity contribution in [2.24, 2.45) is 5.92 Å². The number of piperidine rings is 1. The van der Waals surface area contributed by atoms with Crippen LogP contribution in [0.4, 0.5) is 15.8 Å². The highest BCUT2D eigenvalue weighted by molar-refractivity contribution is 7.80. The highest BCUT2D eigenvalue weighted by Crippen LogP contribution is 2.24. The highest BCUT2D eigenvalue weighted by Gasteiger charge is 2.17. The zero-order chi connectivity index (χ0) is 18.5. The summed E-state index contributed by atoms with van der Waals surface area (Å²) < 4.78 is 13.0. The minimum absolute atomic E-state index is 0.0878. The molecule has 0 aromatic heterocycles. The summed E-state index contributed by atoms with van der Waals surface area (Å²) >= 11 is 5.36. The molecule has 1 aliphatic rings. The molecule has 2 aromatic carbocycles. The van der Waals surface area contributed by atoms with Crippen molar-refractivity contribution >= 4 is 28.7 Å². The molecule has 26 heavy (non-hydrogen) atoms. The first kappa shape index (κ1) is 18.6. The van der Waals surface area contributed by atoms with Crippen LogP contribution < -0.4 is 15.5 Å². The summed E-state index contributed by atoms with van der Waals surface area (Å²) in [6, 6.07) is 15.0. The largest absolute Gasteiger partial charge is 0.371 e. The second-order valence-corrected chi connectivity index (χ2v) is 7.52. The molecule has 0 aliphatic carbocycles. The lowest BCUT2D eigenvalue weighted by molar-refractivity contribution is 0.447. The maximum Gasteiger partial charge on any atom is 0.171 e. The molecule has 138 valence electrons. The zero-order valence-corrected chi connectivity index (χ0v) is 16.2. The lowest BCUT2D eigenvalue weighted by Gasteiger charge is -2.33. The lowest BCUT2D eigenvalue weighted by Crippen LogP contribution is -2.34. The van der Waals surface area contributed by atoms with Crippen LogP contribution >= 0.6 is 12.2 Å². The Morgan fingerprint density at radius 2 is 1.85 bits per heavy atom. The van der Waals surface area contributed by atoms with Crippen LogP contribution in [-0.2, 0) is 0 Å². The van der Waals surface area contributed by atoms with Gasteiger partial charge in [-0.1, -0.05) is 19.1 Å². The van der Waals surface area contributed by atoms with Crippen LogP contribution in [0.5, 0.6) is 0 Å². The number of nitrogens with zero attached hydrogens (tertiary/aromatic N) is 1. The topological polar surface area (TPSA) is 27.3 Å². The molecule has 0 spiro atoms.